The van der Waals surface area contributed by atoms with Gasteiger partial charge in [0, 0.05) is 0 Å². The summed E-state index contributed by atoms with van der Waals surface area (Å²) in [6.07, 6.45) is 0.971. The van der Waals surface area contributed by atoms with Crippen LogP contribution in [0, 0.1) is 11.2 Å². The third-order valence-corrected chi connectivity index (χ3v) is 3.04. The molecule has 1 aromatic rings. The van der Waals surface area contributed by atoms with E-state index in [0.717, 1.165) is 12.0 Å². The Morgan fingerprint density at radius 1 is 1.47 bits per heavy atom. The second-order valence-corrected chi connectivity index (χ2v) is 4.50. The van der Waals surface area contributed by atoms with E-state index < -0.39 is 0 Å². The molecule has 0 saturated carbocycles. The van der Waals surface area contributed by atoms with E-state index >= 15 is 0 Å². The monoisotopic (exact) mass is 210 g/mol. The van der Waals surface area contributed by atoms with E-state index in [1.165, 1.54) is 12.1 Å². The molecule has 0 saturated heterocycles. The Bertz CT molecular complexity index is 323. The number of benzene rings is 1. The van der Waals surface area contributed by atoms with E-state index in [4.69, 9.17) is 5.84 Å². The first-order valence-electron chi connectivity index (χ1n) is 5.23. The van der Waals surface area contributed by atoms with Gasteiger partial charge in [-0.2, -0.15) is 0 Å². The van der Waals surface area contributed by atoms with E-state index in [0.29, 0.717) is 0 Å². The second-order valence-electron chi connectivity index (χ2n) is 4.50. The summed E-state index contributed by atoms with van der Waals surface area (Å²) < 4.78 is 13.1. The standard InChI is InChI=1S/C12H19FN2/c1-4-12(2,3)11(15-14)9-6-5-7-10(13)8-9/h5-8,11,15H,4,14H2,1-3H3. The van der Waals surface area contributed by atoms with Crippen molar-refractivity contribution < 1.29 is 4.39 Å². The molecule has 1 aromatic carbocycles. The summed E-state index contributed by atoms with van der Waals surface area (Å²) in [4.78, 5) is 0. The van der Waals surface area contributed by atoms with Gasteiger partial charge in [0.15, 0.2) is 0 Å². The van der Waals surface area contributed by atoms with E-state index in [1.54, 1.807) is 6.07 Å². The first-order valence-corrected chi connectivity index (χ1v) is 5.23. The van der Waals surface area contributed by atoms with Crippen molar-refractivity contribution in [2.24, 2.45) is 11.3 Å². The molecule has 0 heterocycles. The van der Waals surface area contributed by atoms with Gasteiger partial charge < -0.3 is 0 Å². The number of nitrogens with two attached hydrogens (primary N) is 1. The van der Waals surface area contributed by atoms with Gasteiger partial charge in [0.2, 0.25) is 0 Å². The maximum absolute atomic E-state index is 13.1. The lowest BCUT2D eigenvalue weighted by atomic mass is 9.79. The van der Waals surface area contributed by atoms with Crippen LogP contribution in [-0.2, 0) is 0 Å². The van der Waals surface area contributed by atoms with Crippen molar-refractivity contribution >= 4 is 0 Å². The first kappa shape index (κ1) is 12.1. The summed E-state index contributed by atoms with van der Waals surface area (Å²) >= 11 is 0. The van der Waals surface area contributed by atoms with Crippen molar-refractivity contribution in [3.63, 3.8) is 0 Å². The predicted molar refractivity (Wildman–Crippen MR) is 60.5 cm³/mol. The number of hydrazine groups is 1. The minimum Gasteiger partial charge on any atom is -0.271 e. The van der Waals surface area contributed by atoms with E-state index in [2.05, 4.69) is 26.2 Å². The minimum atomic E-state index is -0.223. The minimum absolute atomic E-state index is 0.00252. The van der Waals surface area contributed by atoms with Gasteiger partial charge in [-0.05, 0) is 29.5 Å². The summed E-state index contributed by atoms with van der Waals surface area (Å²) in [6, 6.07) is 6.54. The van der Waals surface area contributed by atoms with E-state index in [9.17, 15) is 4.39 Å². The number of hydrogen-bond acceptors (Lipinski definition) is 2. The molecule has 1 rings (SSSR count). The van der Waals surface area contributed by atoms with E-state index in [-0.39, 0.29) is 17.3 Å². The van der Waals surface area contributed by atoms with Crippen LogP contribution in [0.2, 0.25) is 0 Å². The molecule has 2 nitrogen and oxygen atoms in total. The van der Waals surface area contributed by atoms with Crippen LogP contribution in [0.15, 0.2) is 24.3 Å². The van der Waals surface area contributed by atoms with Gasteiger partial charge in [-0.25, -0.2) is 4.39 Å². The third-order valence-electron chi connectivity index (χ3n) is 3.04. The molecule has 3 N–H and O–H groups in total. The van der Waals surface area contributed by atoms with Gasteiger partial charge in [-0.15, -0.1) is 0 Å². The zero-order valence-corrected chi connectivity index (χ0v) is 9.55. The van der Waals surface area contributed by atoms with Crippen molar-refractivity contribution in [1.82, 2.24) is 5.43 Å². The molecule has 0 amide bonds. The summed E-state index contributed by atoms with van der Waals surface area (Å²) in [7, 11) is 0. The Hall–Kier alpha value is -0.930. The Morgan fingerprint density at radius 3 is 2.60 bits per heavy atom. The van der Waals surface area contributed by atoms with Crippen LogP contribution in [-0.4, -0.2) is 0 Å². The van der Waals surface area contributed by atoms with Gasteiger partial charge in [0.1, 0.15) is 5.82 Å². The molecular formula is C12H19FN2. The smallest absolute Gasteiger partial charge is 0.123 e. The van der Waals surface area contributed by atoms with Crippen molar-refractivity contribution in [3.05, 3.63) is 35.6 Å². The zero-order valence-electron chi connectivity index (χ0n) is 9.55. The number of hydrogen-bond donors (Lipinski definition) is 2. The molecule has 0 spiro atoms. The van der Waals surface area contributed by atoms with Crippen LogP contribution in [0.1, 0.15) is 38.8 Å². The molecule has 84 valence electrons. The van der Waals surface area contributed by atoms with Crippen LogP contribution in [0.4, 0.5) is 4.39 Å². The molecule has 15 heavy (non-hydrogen) atoms. The molecule has 0 fully saturated rings. The molecule has 0 aliphatic rings. The Kier molecular flexibility index (Phi) is 3.83. The second kappa shape index (κ2) is 4.73. The fraction of sp³-hybridized carbons (Fsp3) is 0.500. The molecule has 0 radical (unpaired) electrons. The average Bonchev–Trinajstić information content (AvgIpc) is 2.18. The average molecular weight is 210 g/mol. The van der Waals surface area contributed by atoms with Crippen molar-refractivity contribution in [2.45, 2.75) is 33.2 Å². The summed E-state index contributed by atoms with van der Waals surface area (Å²) in [5.74, 6) is 5.32. The maximum Gasteiger partial charge on any atom is 0.123 e. The van der Waals surface area contributed by atoms with Crippen molar-refractivity contribution in [2.75, 3.05) is 0 Å². The Balaban J connectivity index is 3.02. The molecule has 1 unspecified atom stereocenters. The van der Waals surface area contributed by atoms with Crippen molar-refractivity contribution in [1.29, 1.82) is 0 Å². The van der Waals surface area contributed by atoms with E-state index in [1.807, 2.05) is 6.07 Å². The first-order chi connectivity index (χ1) is 7.01. The van der Waals surface area contributed by atoms with Gasteiger partial charge >= 0.3 is 0 Å². The molecule has 0 aromatic heterocycles. The largest absolute Gasteiger partial charge is 0.271 e. The highest BCUT2D eigenvalue weighted by atomic mass is 19.1. The lowest BCUT2D eigenvalue weighted by Gasteiger charge is -2.33. The fourth-order valence-corrected chi connectivity index (χ4v) is 1.66. The van der Waals surface area contributed by atoms with Crippen molar-refractivity contribution in [3.8, 4) is 0 Å². The number of rotatable bonds is 4. The lowest BCUT2D eigenvalue weighted by molar-refractivity contribution is 0.236. The summed E-state index contributed by atoms with van der Waals surface area (Å²) in [5.41, 5.74) is 3.67. The maximum atomic E-state index is 13.1. The van der Waals surface area contributed by atoms with Gasteiger partial charge in [-0.3, -0.25) is 11.3 Å². The third kappa shape index (κ3) is 2.76. The van der Waals surface area contributed by atoms with Crippen LogP contribution in [0.5, 0.6) is 0 Å². The SMILES string of the molecule is CCC(C)(C)C(NN)c1cccc(F)c1. The lowest BCUT2D eigenvalue weighted by Crippen LogP contribution is -2.38. The number of nitrogens with one attached hydrogen (secondary N) is 1. The Labute approximate surface area is 90.6 Å². The molecule has 1 atom stereocenters. The normalized spacial score (nSPS) is 13.9. The summed E-state index contributed by atoms with van der Waals surface area (Å²) in [5, 5.41) is 0. The van der Waals surface area contributed by atoms with Crippen LogP contribution < -0.4 is 11.3 Å². The quantitative estimate of drug-likeness (QED) is 0.592. The summed E-state index contributed by atoms with van der Waals surface area (Å²) in [6.45, 7) is 6.33. The van der Waals surface area contributed by atoms with Crippen LogP contribution in [0.25, 0.3) is 0 Å². The van der Waals surface area contributed by atoms with Crippen LogP contribution in [0.3, 0.4) is 0 Å². The fourth-order valence-electron chi connectivity index (χ4n) is 1.66. The molecule has 0 bridgehead atoms. The van der Waals surface area contributed by atoms with Crippen LogP contribution >= 0.6 is 0 Å². The highest BCUT2D eigenvalue weighted by molar-refractivity contribution is 5.21. The highest BCUT2D eigenvalue weighted by Crippen LogP contribution is 2.35. The topological polar surface area (TPSA) is 38.0 Å². The zero-order chi connectivity index (χ0) is 11.5. The Morgan fingerprint density at radius 2 is 2.13 bits per heavy atom. The molecule has 0 aliphatic heterocycles. The highest BCUT2D eigenvalue weighted by Gasteiger charge is 2.28. The van der Waals surface area contributed by atoms with Gasteiger partial charge in [0.25, 0.3) is 0 Å². The molecule has 3 heteroatoms. The molecular weight excluding hydrogens is 191 g/mol. The predicted octanol–water partition coefficient (Wildman–Crippen LogP) is 2.77. The molecule has 0 aliphatic carbocycles. The van der Waals surface area contributed by atoms with Gasteiger partial charge in [0.05, 0.1) is 6.04 Å². The number of halogens is 1. The van der Waals surface area contributed by atoms with Gasteiger partial charge in [-0.1, -0.05) is 32.9 Å².